The Labute approximate surface area is 236 Å². The molecule has 0 spiro atoms. The Hall–Kier alpha value is -1.32. The number of rotatable bonds is 26. The van der Waals surface area contributed by atoms with E-state index in [9.17, 15) is 9.59 Å². The topological polar surface area (TPSA) is 52.6 Å². The molecule has 38 heavy (non-hydrogen) atoms. The third kappa shape index (κ3) is 18.9. The van der Waals surface area contributed by atoms with Gasteiger partial charge in [-0.2, -0.15) is 0 Å². The Kier molecular flexibility index (Phi) is 23.7. The Balaban J connectivity index is 2.05. The zero-order valence-corrected chi connectivity index (χ0v) is 25.3. The molecule has 1 rings (SSSR count). The normalized spacial score (nSPS) is 17.0. The molecular formula is C34H62O4. The quantitative estimate of drug-likeness (QED) is 0.0629. The standard InChI is InChI=1S/C34H62O4/c1-3-5-7-9-11-13-14-15-16-18-20-22-26-30-38-34(36)32-28-24-23-27-31(32)33(35)37-29-25-21-19-17-12-10-8-6-4-2/h23-24,31-32H,3-22,25-30H2,1-2H3. The van der Waals surface area contributed by atoms with Crippen LogP contribution in [0.1, 0.15) is 168 Å². The fourth-order valence-corrected chi connectivity index (χ4v) is 5.43. The summed E-state index contributed by atoms with van der Waals surface area (Å²) >= 11 is 0. The van der Waals surface area contributed by atoms with Gasteiger partial charge in [-0.05, 0) is 25.7 Å². The van der Waals surface area contributed by atoms with Crippen molar-refractivity contribution in [1.82, 2.24) is 0 Å². The maximum Gasteiger partial charge on any atom is 0.310 e. The molecule has 1 aliphatic rings. The molecule has 0 aromatic rings. The Morgan fingerprint density at radius 2 is 0.737 bits per heavy atom. The van der Waals surface area contributed by atoms with E-state index >= 15 is 0 Å². The van der Waals surface area contributed by atoms with Crippen LogP contribution in [0.15, 0.2) is 12.2 Å². The molecule has 0 aliphatic heterocycles. The summed E-state index contributed by atoms with van der Waals surface area (Å²) in [5.74, 6) is -1.23. The van der Waals surface area contributed by atoms with Gasteiger partial charge in [0.1, 0.15) is 0 Å². The highest BCUT2D eigenvalue weighted by atomic mass is 16.5. The van der Waals surface area contributed by atoms with Crippen molar-refractivity contribution in [2.45, 2.75) is 168 Å². The number of unbranched alkanes of at least 4 members (excludes halogenated alkanes) is 20. The van der Waals surface area contributed by atoms with Crippen LogP contribution in [0, 0.1) is 11.8 Å². The molecule has 0 radical (unpaired) electrons. The van der Waals surface area contributed by atoms with E-state index in [0.29, 0.717) is 26.1 Å². The van der Waals surface area contributed by atoms with Crippen LogP contribution >= 0.6 is 0 Å². The minimum atomic E-state index is -0.391. The molecule has 0 N–H and O–H groups in total. The van der Waals surface area contributed by atoms with Gasteiger partial charge in [-0.3, -0.25) is 9.59 Å². The summed E-state index contributed by atoms with van der Waals surface area (Å²) in [4.78, 5) is 25.4. The van der Waals surface area contributed by atoms with Crippen LogP contribution < -0.4 is 0 Å². The van der Waals surface area contributed by atoms with Crippen LogP contribution in [0.5, 0.6) is 0 Å². The van der Waals surface area contributed by atoms with Gasteiger partial charge in [0.05, 0.1) is 25.0 Å². The number of carbonyl (C=O) groups excluding carboxylic acids is 2. The SMILES string of the molecule is CCCCCCCCCCCCCCCOC(=O)C1CC=CCC1C(=O)OCCCCCCCCCCC. The first-order valence-corrected chi connectivity index (χ1v) is 16.7. The third-order valence-corrected chi connectivity index (χ3v) is 8.02. The second-order valence-electron chi connectivity index (χ2n) is 11.6. The van der Waals surface area contributed by atoms with Crippen LogP contribution in [0.4, 0.5) is 0 Å². The van der Waals surface area contributed by atoms with Crippen molar-refractivity contribution in [1.29, 1.82) is 0 Å². The van der Waals surface area contributed by atoms with E-state index in [0.717, 1.165) is 25.7 Å². The largest absolute Gasteiger partial charge is 0.465 e. The van der Waals surface area contributed by atoms with Crippen molar-refractivity contribution in [3.8, 4) is 0 Å². The number of esters is 2. The highest BCUT2D eigenvalue weighted by Crippen LogP contribution is 2.28. The second-order valence-corrected chi connectivity index (χ2v) is 11.6. The van der Waals surface area contributed by atoms with Crippen LogP contribution in [0.25, 0.3) is 0 Å². The van der Waals surface area contributed by atoms with Gasteiger partial charge in [-0.15, -0.1) is 0 Å². The van der Waals surface area contributed by atoms with Crippen molar-refractivity contribution in [2.24, 2.45) is 11.8 Å². The lowest BCUT2D eigenvalue weighted by Crippen LogP contribution is -2.34. The molecule has 0 fully saturated rings. The summed E-state index contributed by atoms with van der Waals surface area (Å²) in [7, 11) is 0. The van der Waals surface area contributed by atoms with E-state index in [2.05, 4.69) is 13.8 Å². The molecule has 0 heterocycles. The Morgan fingerprint density at radius 1 is 0.474 bits per heavy atom. The first kappa shape index (κ1) is 34.7. The zero-order chi connectivity index (χ0) is 27.5. The molecule has 0 amide bonds. The zero-order valence-electron chi connectivity index (χ0n) is 25.3. The summed E-state index contributed by atoms with van der Waals surface area (Å²) < 4.78 is 11.2. The molecule has 0 aromatic carbocycles. The number of hydrogen-bond donors (Lipinski definition) is 0. The molecule has 0 aromatic heterocycles. The molecule has 222 valence electrons. The van der Waals surface area contributed by atoms with Crippen LogP contribution in [-0.4, -0.2) is 25.2 Å². The molecule has 4 heteroatoms. The van der Waals surface area contributed by atoms with Crippen LogP contribution in [-0.2, 0) is 19.1 Å². The average molecular weight is 535 g/mol. The monoisotopic (exact) mass is 534 g/mol. The lowest BCUT2D eigenvalue weighted by Gasteiger charge is -2.25. The minimum absolute atomic E-state index is 0.224. The van der Waals surface area contributed by atoms with Crippen LogP contribution in [0.3, 0.4) is 0 Å². The molecule has 4 nitrogen and oxygen atoms in total. The number of hydrogen-bond acceptors (Lipinski definition) is 4. The van der Waals surface area contributed by atoms with E-state index < -0.39 is 11.8 Å². The first-order valence-electron chi connectivity index (χ1n) is 16.7. The lowest BCUT2D eigenvalue weighted by atomic mass is 9.83. The smallest absolute Gasteiger partial charge is 0.310 e. The lowest BCUT2D eigenvalue weighted by molar-refractivity contribution is -0.161. The summed E-state index contributed by atoms with van der Waals surface area (Å²) in [6.45, 7) is 5.45. The van der Waals surface area contributed by atoms with Gasteiger partial charge in [-0.1, -0.05) is 154 Å². The average Bonchev–Trinajstić information content (AvgIpc) is 2.94. The van der Waals surface area contributed by atoms with Gasteiger partial charge in [0.2, 0.25) is 0 Å². The molecule has 2 atom stereocenters. The highest BCUT2D eigenvalue weighted by Gasteiger charge is 2.36. The fourth-order valence-electron chi connectivity index (χ4n) is 5.43. The van der Waals surface area contributed by atoms with Crippen molar-refractivity contribution in [2.75, 3.05) is 13.2 Å². The summed E-state index contributed by atoms with van der Waals surface area (Å²) in [5, 5.41) is 0. The van der Waals surface area contributed by atoms with Gasteiger partial charge in [0, 0.05) is 0 Å². The summed E-state index contributed by atoms with van der Waals surface area (Å²) in [5.41, 5.74) is 0. The molecule has 1 aliphatic carbocycles. The van der Waals surface area contributed by atoms with E-state index in [4.69, 9.17) is 9.47 Å². The summed E-state index contributed by atoms with van der Waals surface area (Å²) in [6.07, 6.45) is 33.2. The first-order chi connectivity index (χ1) is 18.7. The maximum absolute atomic E-state index is 12.7. The Morgan fingerprint density at radius 3 is 1.03 bits per heavy atom. The van der Waals surface area contributed by atoms with Gasteiger partial charge >= 0.3 is 11.9 Å². The predicted octanol–water partition coefficient (Wildman–Crippen LogP) is 10.3. The molecule has 2 unspecified atom stereocenters. The number of ether oxygens (including phenoxy) is 2. The second kappa shape index (κ2) is 25.9. The third-order valence-electron chi connectivity index (χ3n) is 8.02. The summed E-state index contributed by atoms with van der Waals surface area (Å²) in [6, 6.07) is 0. The van der Waals surface area contributed by atoms with Gasteiger partial charge in [0.25, 0.3) is 0 Å². The van der Waals surface area contributed by atoms with E-state index in [1.54, 1.807) is 0 Å². The number of allylic oxidation sites excluding steroid dienone is 2. The molecule has 0 bridgehead atoms. The van der Waals surface area contributed by atoms with Crippen LogP contribution in [0.2, 0.25) is 0 Å². The predicted molar refractivity (Wildman–Crippen MR) is 160 cm³/mol. The molecule has 0 saturated carbocycles. The maximum atomic E-state index is 12.7. The minimum Gasteiger partial charge on any atom is -0.465 e. The van der Waals surface area contributed by atoms with Gasteiger partial charge in [-0.25, -0.2) is 0 Å². The van der Waals surface area contributed by atoms with Crippen molar-refractivity contribution >= 4 is 11.9 Å². The van der Waals surface area contributed by atoms with Crippen molar-refractivity contribution in [3.63, 3.8) is 0 Å². The van der Waals surface area contributed by atoms with Crippen molar-refractivity contribution in [3.05, 3.63) is 12.2 Å². The molecular weight excluding hydrogens is 472 g/mol. The van der Waals surface area contributed by atoms with Crippen molar-refractivity contribution < 1.29 is 19.1 Å². The highest BCUT2D eigenvalue weighted by molar-refractivity contribution is 5.82. The fraction of sp³-hybridized carbons (Fsp3) is 0.882. The van der Waals surface area contributed by atoms with E-state index in [-0.39, 0.29) is 11.9 Å². The van der Waals surface area contributed by atoms with Gasteiger partial charge in [0.15, 0.2) is 0 Å². The van der Waals surface area contributed by atoms with E-state index in [1.165, 1.54) is 116 Å². The van der Waals surface area contributed by atoms with Gasteiger partial charge < -0.3 is 9.47 Å². The molecule has 0 saturated heterocycles. The Bertz CT molecular complexity index is 585. The number of carbonyl (C=O) groups is 2. The van der Waals surface area contributed by atoms with E-state index in [1.807, 2.05) is 12.2 Å².